The Bertz CT molecular complexity index is 236. The van der Waals surface area contributed by atoms with Crippen LogP contribution in [0, 0.1) is 0 Å². The predicted molar refractivity (Wildman–Crippen MR) is 54.1 cm³/mol. The summed E-state index contributed by atoms with van der Waals surface area (Å²) in [6.07, 6.45) is 3.37. The molecule has 0 aliphatic rings. The lowest BCUT2D eigenvalue weighted by Gasteiger charge is -1.82. The number of aromatic hydroxyl groups is 1. The van der Waals surface area contributed by atoms with Crippen molar-refractivity contribution in [2.24, 2.45) is 0 Å². The molecule has 0 saturated heterocycles. The van der Waals surface area contributed by atoms with Crippen molar-refractivity contribution in [3.05, 3.63) is 30.3 Å². The summed E-state index contributed by atoms with van der Waals surface area (Å²) in [6, 6.07) is 8.71. The Morgan fingerprint density at radius 3 is 1.79 bits per heavy atom. The Labute approximate surface area is 83.4 Å². The maximum absolute atomic E-state index is 9.56. The fraction of sp³-hybridized carbons (Fsp3) is 0.273. The van der Waals surface area contributed by atoms with E-state index in [-0.39, 0.29) is 0 Å². The zero-order valence-corrected chi connectivity index (χ0v) is 7.93. The number of hydrogen-bond donors (Lipinski definition) is 1. The lowest BCUT2D eigenvalue weighted by Crippen LogP contribution is -1.76. The van der Waals surface area contributed by atoms with E-state index in [0.29, 0.717) is 25.0 Å². The van der Waals surface area contributed by atoms with Crippen LogP contribution in [0.5, 0.6) is 5.75 Å². The first kappa shape index (κ1) is 12.4. The Morgan fingerprint density at radius 2 is 1.50 bits per heavy atom. The number of carbonyl (C=O) groups is 2. The van der Waals surface area contributed by atoms with Crippen molar-refractivity contribution < 1.29 is 14.7 Å². The molecule has 0 bridgehead atoms. The molecule has 0 atom stereocenters. The SMILES string of the molecule is O=CCCCC=O.Oc1ccccc1. The molecule has 0 heterocycles. The zero-order chi connectivity index (χ0) is 10.6. The van der Waals surface area contributed by atoms with E-state index in [9.17, 15) is 9.59 Å². The second kappa shape index (κ2) is 9.45. The second-order valence-corrected chi connectivity index (χ2v) is 2.60. The van der Waals surface area contributed by atoms with Crippen LogP contribution in [-0.2, 0) is 9.59 Å². The Kier molecular flexibility index (Phi) is 8.34. The van der Waals surface area contributed by atoms with Gasteiger partial charge >= 0.3 is 0 Å². The summed E-state index contributed by atoms with van der Waals surface area (Å²) in [6.45, 7) is 0. The Morgan fingerprint density at radius 1 is 1.00 bits per heavy atom. The van der Waals surface area contributed by atoms with Gasteiger partial charge in [-0.15, -0.1) is 0 Å². The van der Waals surface area contributed by atoms with E-state index in [1.165, 1.54) is 0 Å². The van der Waals surface area contributed by atoms with Crippen LogP contribution in [0.1, 0.15) is 19.3 Å². The minimum Gasteiger partial charge on any atom is -0.508 e. The van der Waals surface area contributed by atoms with Crippen LogP contribution in [0.3, 0.4) is 0 Å². The van der Waals surface area contributed by atoms with Crippen molar-refractivity contribution in [1.29, 1.82) is 0 Å². The summed E-state index contributed by atoms with van der Waals surface area (Å²) >= 11 is 0. The van der Waals surface area contributed by atoms with Crippen molar-refractivity contribution >= 4 is 12.6 Å². The molecule has 0 unspecified atom stereocenters. The van der Waals surface area contributed by atoms with E-state index in [1.54, 1.807) is 24.3 Å². The van der Waals surface area contributed by atoms with Crippen molar-refractivity contribution in [3.8, 4) is 5.75 Å². The first-order chi connectivity index (χ1) is 6.81. The van der Waals surface area contributed by atoms with Crippen LogP contribution >= 0.6 is 0 Å². The molecular formula is C11H14O3. The molecule has 0 aliphatic heterocycles. The zero-order valence-electron chi connectivity index (χ0n) is 7.93. The predicted octanol–water partition coefficient (Wildman–Crippen LogP) is 1.95. The van der Waals surface area contributed by atoms with Gasteiger partial charge in [-0.1, -0.05) is 18.2 Å². The molecule has 0 saturated carbocycles. The quantitative estimate of drug-likeness (QED) is 0.588. The molecule has 0 amide bonds. The molecule has 0 fully saturated rings. The van der Waals surface area contributed by atoms with E-state index in [0.717, 1.165) is 12.6 Å². The van der Waals surface area contributed by atoms with Gasteiger partial charge in [-0.25, -0.2) is 0 Å². The number of phenolic OH excluding ortho intramolecular Hbond substituents is 1. The van der Waals surface area contributed by atoms with Crippen LogP contribution in [0.15, 0.2) is 30.3 Å². The van der Waals surface area contributed by atoms with Gasteiger partial charge in [0, 0.05) is 12.8 Å². The van der Waals surface area contributed by atoms with Gasteiger partial charge in [0.25, 0.3) is 0 Å². The maximum Gasteiger partial charge on any atom is 0.120 e. The number of carbonyl (C=O) groups excluding carboxylic acids is 2. The van der Waals surface area contributed by atoms with Gasteiger partial charge in [-0.05, 0) is 18.6 Å². The first-order valence-electron chi connectivity index (χ1n) is 4.42. The van der Waals surface area contributed by atoms with Crippen molar-refractivity contribution in [2.75, 3.05) is 0 Å². The van der Waals surface area contributed by atoms with Gasteiger partial charge in [-0.2, -0.15) is 0 Å². The smallest absolute Gasteiger partial charge is 0.120 e. The van der Waals surface area contributed by atoms with Crippen LogP contribution in [-0.4, -0.2) is 17.7 Å². The van der Waals surface area contributed by atoms with E-state index < -0.39 is 0 Å². The highest BCUT2D eigenvalue weighted by Crippen LogP contribution is 2.02. The Balaban J connectivity index is 0.000000241. The summed E-state index contributed by atoms with van der Waals surface area (Å²) in [7, 11) is 0. The first-order valence-corrected chi connectivity index (χ1v) is 4.42. The van der Waals surface area contributed by atoms with Gasteiger partial charge < -0.3 is 14.7 Å². The number of para-hydroxylation sites is 1. The van der Waals surface area contributed by atoms with Gasteiger partial charge in [0.15, 0.2) is 0 Å². The molecule has 3 nitrogen and oxygen atoms in total. The topological polar surface area (TPSA) is 54.4 Å². The third-order valence-electron chi connectivity index (χ3n) is 1.40. The molecule has 0 radical (unpaired) electrons. The van der Waals surface area contributed by atoms with Crippen molar-refractivity contribution in [2.45, 2.75) is 19.3 Å². The van der Waals surface area contributed by atoms with Crippen molar-refractivity contribution in [3.63, 3.8) is 0 Å². The average molecular weight is 194 g/mol. The Hall–Kier alpha value is -1.64. The minimum absolute atomic E-state index is 0.322. The van der Waals surface area contributed by atoms with E-state index >= 15 is 0 Å². The minimum atomic E-state index is 0.322. The standard InChI is InChI=1S/C6H6O.C5H8O2/c7-6-4-2-1-3-5-6;6-4-2-1-3-5-7/h1-5,7H;4-5H,1-3H2. The molecule has 1 rings (SSSR count). The molecular weight excluding hydrogens is 180 g/mol. The number of aldehydes is 2. The largest absolute Gasteiger partial charge is 0.508 e. The molecule has 14 heavy (non-hydrogen) atoms. The molecule has 0 aromatic heterocycles. The number of rotatable bonds is 4. The van der Waals surface area contributed by atoms with Crippen molar-refractivity contribution in [1.82, 2.24) is 0 Å². The normalized spacial score (nSPS) is 8.29. The van der Waals surface area contributed by atoms with Crippen LogP contribution in [0.25, 0.3) is 0 Å². The molecule has 76 valence electrons. The highest BCUT2D eigenvalue weighted by atomic mass is 16.3. The lowest BCUT2D eigenvalue weighted by atomic mass is 10.3. The van der Waals surface area contributed by atoms with E-state index in [4.69, 9.17) is 5.11 Å². The van der Waals surface area contributed by atoms with Gasteiger partial charge in [0.1, 0.15) is 18.3 Å². The molecule has 0 spiro atoms. The molecule has 3 heteroatoms. The highest BCUT2D eigenvalue weighted by molar-refractivity contribution is 5.52. The highest BCUT2D eigenvalue weighted by Gasteiger charge is 1.80. The molecule has 1 aromatic rings. The fourth-order valence-corrected chi connectivity index (χ4v) is 0.713. The number of benzene rings is 1. The van der Waals surface area contributed by atoms with Crippen LogP contribution in [0.2, 0.25) is 0 Å². The van der Waals surface area contributed by atoms with Crippen LogP contribution in [0.4, 0.5) is 0 Å². The second-order valence-electron chi connectivity index (χ2n) is 2.60. The maximum atomic E-state index is 9.56. The molecule has 1 N–H and O–H groups in total. The number of unbranched alkanes of at least 4 members (excludes halogenated alkanes) is 2. The third-order valence-corrected chi connectivity index (χ3v) is 1.40. The van der Waals surface area contributed by atoms with Gasteiger partial charge in [0.05, 0.1) is 0 Å². The lowest BCUT2D eigenvalue weighted by molar-refractivity contribution is -0.108. The number of phenols is 1. The third kappa shape index (κ3) is 8.46. The fourth-order valence-electron chi connectivity index (χ4n) is 0.713. The average Bonchev–Trinajstić information content (AvgIpc) is 2.21. The number of hydrogen-bond acceptors (Lipinski definition) is 3. The monoisotopic (exact) mass is 194 g/mol. The molecule has 0 aliphatic carbocycles. The van der Waals surface area contributed by atoms with E-state index in [2.05, 4.69) is 0 Å². The summed E-state index contributed by atoms with van der Waals surface area (Å²) in [4.78, 5) is 19.1. The summed E-state index contributed by atoms with van der Waals surface area (Å²) < 4.78 is 0. The summed E-state index contributed by atoms with van der Waals surface area (Å²) in [5, 5.41) is 8.63. The van der Waals surface area contributed by atoms with Gasteiger partial charge in [-0.3, -0.25) is 0 Å². The molecule has 1 aromatic carbocycles. The van der Waals surface area contributed by atoms with Gasteiger partial charge in [0.2, 0.25) is 0 Å². The summed E-state index contributed by atoms with van der Waals surface area (Å²) in [5.41, 5.74) is 0. The van der Waals surface area contributed by atoms with Crippen LogP contribution < -0.4 is 0 Å². The van der Waals surface area contributed by atoms with E-state index in [1.807, 2.05) is 6.07 Å². The summed E-state index contributed by atoms with van der Waals surface area (Å²) in [5.74, 6) is 0.322.